The number of amides is 4. The smallest absolute Gasteiger partial charge is 0.335 e. The van der Waals surface area contributed by atoms with Gasteiger partial charge in [0.15, 0.2) is 0 Å². The third-order valence-electron chi connectivity index (χ3n) is 5.49. The zero-order valence-corrected chi connectivity index (χ0v) is 20.7. The summed E-state index contributed by atoms with van der Waals surface area (Å²) >= 11 is 10.1. The molecule has 0 atom stereocenters. The maximum Gasteiger partial charge on any atom is 0.335 e. The average molecular weight is 540 g/mol. The van der Waals surface area contributed by atoms with Crippen molar-refractivity contribution in [2.75, 3.05) is 12.0 Å². The third-order valence-corrected chi connectivity index (χ3v) is 6.60. The van der Waals surface area contributed by atoms with Gasteiger partial charge in [-0.15, -0.1) is 0 Å². The number of barbiturate groups is 1. The maximum atomic E-state index is 13.2. The number of nitrogens with zero attached hydrogens (tertiary/aromatic N) is 1. The molecule has 0 spiro atoms. The predicted octanol–water partition coefficient (Wildman–Crippen LogP) is 5.68. The van der Waals surface area contributed by atoms with Crippen molar-refractivity contribution in [1.82, 2.24) is 5.32 Å². The molecular weight excluding hydrogens is 520 g/mol. The number of halogens is 2. The molecule has 1 N–H and O–H groups in total. The Kier molecular flexibility index (Phi) is 6.86. The number of rotatable bonds is 5. The highest BCUT2D eigenvalue weighted by atomic mass is 79.9. The predicted molar refractivity (Wildman–Crippen MR) is 135 cm³/mol. The number of carbonyl (C=O) groups is 3. The number of carbonyl (C=O) groups excluding carboxylic acids is 3. The minimum absolute atomic E-state index is 0.181. The Morgan fingerprint density at radius 2 is 1.76 bits per heavy atom. The summed E-state index contributed by atoms with van der Waals surface area (Å²) in [5.41, 5.74) is 3.25. The van der Waals surface area contributed by atoms with Crippen molar-refractivity contribution in [3.63, 3.8) is 0 Å². The first-order valence-electron chi connectivity index (χ1n) is 10.4. The molecule has 4 rings (SSSR count). The van der Waals surface area contributed by atoms with E-state index < -0.39 is 17.8 Å². The van der Waals surface area contributed by atoms with E-state index >= 15 is 0 Å². The molecule has 1 aliphatic rings. The highest BCUT2D eigenvalue weighted by Crippen LogP contribution is 2.34. The molecule has 0 aliphatic carbocycles. The summed E-state index contributed by atoms with van der Waals surface area (Å²) in [5, 5.41) is 2.67. The fraction of sp³-hybridized carbons (Fsp3) is 0.115. The van der Waals surface area contributed by atoms with E-state index in [1.54, 1.807) is 43.3 Å². The maximum absolute atomic E-state index is 13.2. The molecule has 0 bridgehead atoms. The Balaban J connectivity index is 1.73. The number of urea groups is 1. The summed E-state index contributed by atoms with van der Waals surface area (Å²) in [6.45, 7) is 1.78. The molecule has 172 valence electrons. The molecule has 3 aromatic carbocycles. The Hall–Kier alpha value is -3.42. The van der Waals surface area contributed by atoms with E-state index in [0.717, 1.165) is 26.1 Å². The van der Waals surface area contributed by atoms with Crippen LogP contribution in [0.1, 0.15) is 22.3 Å². The minimum atomic E-state index is -0.791. The van der Waals surface area contributed by atoms with Crippen LogP contribution < -0.4 is 15.0 Å². The van der Waals surface area contributed by atoms with Crippen LogP contribution in [0.15, 0.2) is 70.7 Å². The van der Waals surface area contributed by atoms with Gasteiger partial charge in [-0.2, -0.15) is 0 Å². The third kappa shape index (κ3) is 4.62. The van der Waals surface area contributed by atoms with Crippen LogP contribution in [0, 0.1) is 6.92 Å². The molecule has 8 heteroatoms. The van der Waals surface area contributed by atoms with Gasteiger partial charge >= 0.3 is 6.03 Å². The summed E-state index contributed by atoms with van der Waals surface area (Å²) < 4.78 is 6.51. The van der Waals surface area contributed by atoms with E-state index in [0.29, 0.717) is 28.4 Å². The van der Waals surface area contributed by atoms with Gasteiger partial charge in [0.25, 0.3) is 11.8 Å². The van der Waals surface area contributed by atoms with E-state index in [9.17, 15) is 14.4 Å². The van der Waals surface area contributed by atoms with E-state index in [1.165, 1.54) is 13.2 Å². The van der Waals surface area contributed by atoms with Crippen LogP contribution in [-0.2, 0) is 16.0 Å². The van der Waals surface area contributed by atoms with Gasteiger partial charge in [-0.1, -0.05) is 63.9 Å². The number of benzene rings is 3. The SMILES string of the molecule is COc1cc(/C=C2\C(=O)NC(=O)N(c3ccccc3C)C2=O)cc(Cl)c1Cc1ccccc1Br. The largest absolute Gasteiger partial charge is 0.496 e. The number of hydrogen-bond donors (Lipinski definition) is 1. The number of ether oxygens (including phenoxy) is 1. The molecule has 1 aliphatic heterocycles. The zero-order valence-electron chi connectivity index (χ0n) is 18.4. The number of aryl methyl sites for hydroxylation is 1. The molecule has 1 fully saturated rings. The van der Waals surface area contributed by atoms with Crippen LogP contribution in [-0.4, -0.2) is 25.0 Å². The Labute approximate surface area is 210 Å². The molecule has 1 saturated heterocycles. The first-order valence-corrected chi connectivity index (χ1v) is 11.5. The Morgan fingerprint density at radius 3 is 2.47 bits per heavy atom. The second-order valence-corrected chi connectivity index (χ2v) is 8.96. The Bertz CT molecular complexity index is 1350. The van der Waals surface area contributed by atoms with Gasteiger partial charge < -0.3 is 4.74 Å². The lowest BCUT2D eigenvalue weighted by atomic mass is 10.00. The molecule has 6 nitrogen and oxygen atoms in total. The molecule has 4 amide bonds. The number of methoxy groups -OCH3 is 1. The van der Waals surface area contributed by atoms with Crippen LogP contribution >= 0.6 is 27.5 Å². The molecule has 3 aromatic rings. The first-order chi connectivity index (χ1) is 16.3. The van der Waals surface area contributed by atoms with Gasteiger partial charge in [0.2, 0.25) is 0 Å². The van der Waals surface area contributed by atoms with Gasteiger partial charge in [0, 0.05) is 21.5 Å². The standard InChI is InChI=1S/C26H20BrClN2O4/c1-15-7-3-6-10-22(15)30-25(32)19(24(31)29-26(30)33)11-16-12-21(28)18(23(13-16)34-2)14-17-8-4-5-9-20(17)27/h3-13H,14H2,1-2H3,(H,29,31,33)/b19-11+. The first kappa shape index (κ1) is 23.7. The number of para-hydroxylation sites is 1. The second kappa shape index (κ2) is 9.83. The van der Waals surface area contributed by atoms with Gasteiger partial charge in [-0.25, -0.2) is 9.69 Å². The fourth-order valence-corrected chi connectivity index (χ4v) is 4.47. The number of anilines is 1. The van der Waals surface area contributed by atoms with Gasteiger partial charge in [-0.05, 0) is 54.0 Å². The van der Waals surface area contributed by atoms with Crippen molar-refractivity contribution in [3.8, 4) is 5.75 Å². The second-order valence-electron chi connectivity index (χ2n) is 7.70. The normalized spacial score (nSPS) is 15.0. The molecule has 1 heterocycles. The lowest BCUT2D eigenvalue weighted by Gasteiger charge is -2.27. The minimum Gasteiger partial charge on any atom is -0.496 e. The van der Waals surface area contributed by atoms with E-state index in [-0.39, 0.29) is 5.57 Å². The zero-order chi connectivity index (χ0) is 24.4. The highest BCUT2D eigenvalue weighted by Gasteiger charge is 2.37. The van der Waals surface area contributed by atoms with Gasteiger partial charge in [0.05, 0.1) is 12.8 Å². The molecule has 0 unspecified atom stereocenters. The van der Waals surface area contributed by atoms with Crippen molar-refractivity contribution in [1.29, 1.82) is 0 Å². The van der Waals surface area contributed by atoms with Crippen LogP contribution in [0.2, 0.25) is 5.02 Å². The van der Waals surface area contributed by atoms with E-state index in [1.807, 2.05) is 24.3 Å². The average Bonchev–Trinajstić information content (AvgIpc) is 2.80. The van der Waals surface area contributed by atoms with Gasteiger partial charge in [0.1, 0.15) is 11.3 Å². The summed E-state index contributed by atoms with van der Waals surface area (Å²) in [4.78, 5) is 39.2. The number of nitrogens with one attached hydrogen (secondary N) is 1. The molecular formula is C26H20BrClN2O4. The molecule has 0 saturated carbocycles. The summed E-state index contributed by atoms with van der Waals surface area (Å²) in [5.74, 6) is -0.965. The quantitative estimate of drug-likeness (QED) is 0.335. The van der Waals surface area contributed by atoms with Gasteiger partial charge in [-0.3, -0.25) is 14.9 Å². The van der Waals surface area contributed by atoms with Crippen LogP contribution in [0.3, 0.4) is 0 Å². The summed E-state index contributed by atoms with van der Waals surface area (Å²) in [6.07, 6.45) is 1.93. The van der Waals surface area contributed by atoms with Crippen molar-refractivity contribution in [2.24, 2.45) is 0 Å². The summed E-state index contributed by atoms with van der Waals surface area (Å²) in [7, 11) is 1.53. The number of hydrogen-bond acceptors (Lipinski definition) is 4. The van der Waals surface area contributed by atoms with Crippen LogP contribution in [0.25, 0.3) is 6.08 Å². The molecule has 34 heavy (non-hydrogen) atoms. The lowest BCUT2D eigenvalue weighted by Crippen LogP contribution is -2.54. The van der Waals surface area contributed by atoms with E-state index in [4.69, 9.17) is 16.3 Å². The van der Waals surface area contributed by atoms with Crippen LogP contribution in [0.4, 0.5) is 10.5 Å². The van der Waals surface area contributed by atoms with E-state index in [2.05, 4.69) is 21.2 Å². The summed E-state index contributed by atoms with van der Waals surface area (Å²) in [6, 6.07) is 17.3. The fourth-order valence-electron chi connectivity index (χ4n) is 3.76. The topological polar surface area (TPSA) is 75.7 Å². The van der Waals surface area contributed by atoms with Crippen molar-refractivity contribution < 1.29 is 19.1 Å². The molecule has 0 radical (unpaired) electrons. The van der Waals surface area contributed by atoms with Crippen molar-refractivity contribution >= 4 is 57.1 Å². The monoisotopic (exact) mass is 538 g/mol. The van der Waals surface area contributed by atoms with Crippen molar-refractivity contribution in [2.45, 2.75) is 13.3 Å². The lowest BCUT2D eigenvalue weighted by molar-refractivity contribution is -0.122. The Morgan fingerprint density at radius 1 is 1.06 bits per heavy atom. The van der Waals surface area contributed by atoms with Crippen LogP contribution in [0.5, 0.6) is 5.75 Å². The van der Waals surface area contributed by atoms with Crippen molar-refractivity contribution in [3.05, 3.63) is 98.0 Å². The highest BCUT2D eigenvalue weighted by molar-refractivity contribution is 9.10. The molecule has 0 aromatic heterocycles. The number of imide groups is 2.